The van der Waals surface area contributed by atoms with Crippen LogP contribution in [0.3, 0.4) is 0 Å². The second-order valence-corrected chi connectivity index (χ2v) is 7.49. The van der Waals surface area contributed by atoms with E-state index in [9.17, 15) is 8.42 Å². The van der Waals surface area contributed by atoms with E-state index in [4.69, 9.17) is 4.42 Å². The Morgan fingerprint density at radius 1 is 1.35 bits per heavy atom. The topological polar surface area (TPSA) is 71.3 Å². The van der Waals surface area contributed by atoms with Gasteiger partial charge in [0.25, 0.3) is 10.0 Å². The highest BCUT2D eigenvalue weighted by Crippen LogP contribution is 2.15. The van der Waals surface area contributed by atoms with Crippen molar-refractivity contribution in [1.82, 2.24) is 10.0 Å². The van der Waals surface area contributed by atoms with Crippen LogP contribution in [-0.2, 0) is 16.6 Å². The van der Waals surface area contributed by atoms with Crippen molar-refractivity contribution < 1.29 is 12.8 Å². The maximum Gasteiger partial charge on any atom is 0.274 e. The first-order chi connectivity index (χ1) is 9.39. The Morgan fingerprint density at radius 2 is 2.05 bits per heavy atom. The fourth-order valence-corrected chi connectivity index (χ4v) is 3.71. The third-order valence-corrected chi connectivity index (χ3v) is 4.90. The number of sulfonamides is 1. The summed E-state index contributed by atoms with van der Waals surface area (Å²) in [6.07, 6.45) is 2.71. The molecule has 0 fully saturated rings. The number of nitrogens with one attached hydrogen (secondary N) is 2. The molecule has 20 heavy (non-hydrogen) atoms. The van der Waals surface area contributed by atoms with Gasteiger partial charge in [0.2, 0.25) is 5.09 Å². The molecule has 0 spiro atoms. The number of rotatable bonds is 9. The highest BCUT2D eigenvalue weighted by Gasteiger charge is 2.22. The van der Waals surface area contributed by atoms with Crippen molar-refractivity contribution in [2.45, 2.75) is 50.9 Å². The molecule has 0 aromatic carbocycles. The summed E-state index contributed by atoms with van der Waals surface area (Å²) in [6, 6.07) is 3.45. The van der Waals surface area contributed by atoms with Crippen molar-refractivity contribution in [1.29, 1.82) is 0 Å². The largest absolute Gasteiger partial charge is 0.447 e. The zero-order valence-corrected chi connectivity index (χ0v) is 14.1. The lowest BCUT2D eigenvalue weighted by Crippen LogP contribution is -2.35. The first-order valence-corrected chi connectivity index (χ1v) is 9.60. The van der Waals surface area contributed by atoms with Gasteiger partial charge in [-0.1, -0.05) is 20.8 Å². The summed E-state index contributed by atoms with van der Waals surface area (Å²) in [6.45, 7) is 6.53. The molecule has 116 valence electrons. The Hall–Kier alpha value is -0.500. The minimum Gasteiger partial charge on any atom is -0.447 e. The zero-order chi connectivity index (χ0) is 15.2. The van der Waals surface area contributed by atoms with E-state index < -0.39 is 10.0 Å². The van der Waals surface area contributed by atoms with Gasteiger partial charge in [-0.05, 0) is 24.8 Å². The monoisotopic (exact) mass is 320 g/mol. The summed E-state index contributed by atoms with van der Waals surface area (Å²) in [5, 5.41) is 3.17. The molecule has 7 heteroatoms. The molecule has 1 atom stereocenters. The molecule has 0 aliphatic heterocycles. The average Bonchev–Trinajstić information content (AvgIpc) is 2.85. The first kappa shape index (κ1) is 17.6. The lowest BCUT2D eigenvalue weighted by atomic mass is 10.3. The maximum atomic E-state index is 12.2. The molecule has 1 aromatic rings. The van der Waals surface area contributed by atoms with Gasteiger partial charge >= 0.3 is 0 Å². The van der Waals surface area contributed by atoms with Gasteiger partial charge < -0.3 is 9.73 Å². The van der Waals surface area contributed by atoms with Crippen LogP contribution in [0.25, 0.3) is 0 Å². The van der Waals surface area contributed by atoms with Crippen LogP contribution in [0.1, 0.15) is 33.0 Å². The van der Waals surface area contributed by atoms with Crippen LogP contribution in [0.4, 0.5) is 0 Å². The van der Waals surface area contributed by atoms with Crippen LogP contribution in [0.2, 0.25) is 0 Å². The molecule has 1 rings (SSSR count). The third kappa shape index (κ3) is 5.47. The summed E-state index contributed by atoms with van der Waals surface area (Å²) < 4.78 is 32.5. The molecule has 1 unspecified atom stereocenters. The zero-order valence-electron chi connectivity index (χ0n) is 12.5. The molecule has 0 aliphatic rings. The number of hydrogen-bond acceptors (Lipinski definition) is 5. The van der Waals surface area contributed by atoms with E-state index in [1.165, 1.54) is 6.07 Å². The number of thioether (sulfide) groups is 1. The van der Waals surface area contributed by atoms with Crippen molar-refractivity contribution in [3.8, 4) is 0 Å². The third-order valence-electron chi connectivity index (χ3n) is 2.77. The predicted molar refractivity (Wildman–Crippen MR) is 83.5 cm³/mol. The second-order valence-electron chi connectivity index (χ2n) is 4.94. The van der Waals surface area contributed by atoms with E-state index in [0.29, 0.717) is 18.3 Å². The van der Waals surface area contributed by atoms with E-state index in [-0.39, 0.29) is 11.1 Å². The normalized spacial score (nSPS) is 13.8. The minimum absolute atomic E-state index is 0.0161. The van der Waals surface area contributed by atoms with Crippen molar-refractivity contribution >= 4 is 21.8 Å². The standard InChI is InChI=1S/C13H24N2O3S2/c1-5-11(9-19-4)15-20(16,17)13-7-6-12(18-13)8-14-10(2)3/h6-7,10-11,14-15H,5,8-9H2,1-4H3. The van der Waals surface area contributed by atoms with Crippen LogP contribution in [0.15, 0.2) is 21.6 Å². The Kier molecular flexibility index (Phi) is 7.08. The quantitative estimate of drug-likeness (QED) is 0.730. The van der Waals surface area contributed by atoms with Crippen LogP contribution < -0.4 is 10.0 Å². The summed E-state index contributed by atoms with van der Waals surface area (Å²) in [4.78, 5) is 0. The molecule has 2 N–H and O–H groups in total. The van der Waals surface area contributed by atoms with E-state index in [0.717, 1.165) is 12.2 Å². The highest BCUT2D eigenvalue weighted by atomic mass is 32.2. The summed E-state index contributed by atoms with van der Waals surface area (Å²) >= 11 is 1.62. The molecule has 0 saturated heterocycles. The molecular formula is C13H24N2O3S2. The Bertz CT molecular complexity index is 497. The molecule has 0 radical (unpaired) electrons. The van der Waals surface area contributed by atoms with Crippen molar-refractivity contribution in [2.75, 3.05) is 12.0 Å². The van der Waals surface area contributed by atoms with Crippen LogP contribution >= 0.6 is 11.8 Å². The Balaban J connectivity index is 2.72. The van der Waals surface area contributed by atoms with Gasteiger partial charge in [0.1, 0.15) is 5.76 Å². The fourth-order valence-electron chi connectivity index (χ4n) is 1.62. The van der Waals surface area contributed by atoms with Crippen LogP contribution in [0, 0.1) is 0 Å². The minimum atomic E-state index is -3.57. The lowest BCUT2D eigenvalue weighted by Gasteiger charge is -2.14. The van der Waals surface area contributed by atoms with E-state index in [2.05, 4.69) is 10.0 Å². The molecule has 1 aromatic heterocycles. The maximum absolute atomic E-state index is 12.2. The second kappa shape index (κ2) is 8.07. The molecule has 0 aliphatic carbocycles. The summed E-state index contributed by atoms with van der Waals surface area (Å²) in [5.74, 6) is 1.37. The van der Waals surface area contributed by atoms with Gasteiger partial charge in [0, 0.05) is 17.8 Å². The van der Waals surface area contributed by atoms with Crippen molar-refractivity contribution in [2.24, 2.45) is 0 Å². The van der Waals surface area contributed by atoms with E-state index >= 15 is 0 Å². The van der Waals surface area contributed by atoms with Crippen LogP contribution in [0.5, 0.6) is 0 Å². The first-order valence-electron chi connectivity index (χ1n) is 6.72. The number of furan rings is 1. The van der Waals surface area contributed by atoms with Gasteiger partial charge in [0.05, 0.1) is 6.54 Å². The summed E-state index contributed by atoms with van der Waals surface area (Å²) in [7, 11) is -3.57. The molecule has 0 saturated carbocycles. The van der Waals surface area contributed by atoms with E-state index in [1.807, 2.05) is 27.0 Å². The highest BCUT2D eigenvalue weighted by molar-refractivity contribution is 7.98. The lowest BCUT2D eigenvalue weighted by molar-refractivity contribution is 0.391. The Labute approximate surface area is 125 Å². The van der Waals surface area contributed by atoms with Gasteiger partial charge in [-0.2, -0.15) is 11.8 Å². The molecule has 5 nitrogen and oxygen atoms in total. The SMILES string of the molecule is CCC(CSC)NS(=O)(=O)c1ccc(CNC(C)C)o1. The van der Waals surface area contributed by atoms with Gasteiger partial charge in [-0.3, -0.25) is 0 Å². The molecule has 1 heterocycles. The van der Waals surface area contributed by atoms with Gasteiger partial charge in [-0.15, -0.1) is 0 Å². The molecular weight excluding hydrogens is 296 g/mol. The summed E-state index contributed by atoms with van der Waals surface area (Å²) in [5.41, 5.74) is 0. The van der Waals surface area contributed by atoms with Gasteiger partial charge in [-0.25, -0.2) is 13.1 Å². The van der Waals surface area contributed by atoms with Crippen molar-refractivity contribution in [3.63, 3.8) is 0 Å². The number of hydrogen-bond donors (Lipinski definition) is 2. The van der Waals surface area contributed by atoms with Crippen molar-refractivity contribution in [3.05, 3.63) is 17.9 Å². The molecule has 0 amide bonds. The van der Waals surface area contributed by atoms with Gasteiger partial charge in [0.15, 0.2) is 0 Å². The Morgan fingerprint density at radius 3 is 2.60 bits per heavy atom. The van der Waals surface area contributed by atoms with Crippen LogP contribution in [-0.4, -0.2) is 32.5 Å². The van der Waals surface area contributed by atoms with E-state index in [1.54, 1.807) is 17.8 Å². The molecule has 0 bridgehead atoms. The predicted octanol–water partition coefficient (Wildman–Crippen LogP) is 2.20. The fraction of sp³-hybridized carbons (Fsp3) is 0.692. The smallest absolute Gasteiger partial charge is 0.274 e. The average molecular weight is 320 g/mol.